The Balaban J connectivity index is 1.54. The van der Waals surface area contributed by atoms with Crippen molar-refractivity contribution in [1.82, 2.24) is 10.2 Å². The number of benzene rings is 1. The number of carbonyl (C=O) groups excluding carboxylic acids is 2. The number of aliphatic hydroxyl groups excluding tert-OH is 1. The predicted molar refractivity (Wildman–Crippen MR) is 96.9 cm³/mol. The van der Waals surface area contributed by atoms with Crippen LogP contribution < -0.4 is 5.32 Å². The van der Waals surface area contributed by atoms with Crippen molar-refractivity contribution < 1.29 is 29.3 Å². The molecule has 1 aromatic carbocycles. The number of amides is 2. The molecule has 0 bridgehead atoms. The largest absolute Gasteiger partial charge is 0.480 e. The highest BCUT2D eigenvalue weighted by molar-refractivity contribution is 5.84. The van der Waals surface area contributed by atoms with Crippen LogP contribution in [0.2, 0.25) is 0 Å². The molecule has 0 aromatic heterocycles. The summed E-state index contributed by atoms with van der Waals surface area (Å²) in [5, 5.41) is 21.3. The van der Waals surface area contributed by atoms with Gasteiger partial charge >= 0.3 is 12.1 Å². The number of β-amino-alcohol motifs (C(OH)–C–C–N with tert-alkyl or cyclic N) is 1. The van der Waals surface area contributed by atoms with Gasteiger partial charge in [-0.3, -0.25) is 4.79 Å². The average molecular weight is 378 g/mol. The zero-order valence-corrected chi connectivity index (χ0v) is 15.2. The summed E-state index contributed by atoms with van der Waals surface area (Å²) in [6.07, 6.45) is 1.06. The lowest BCUT2D eigenvalue weighted by molar-refractivity contribution is -0.148. The van der Waals surface area contributed by atoms with E-state index in [0.717, 1.165) is 12.0 Å². The fourth-order valence-corrected chi connectivity index (χ4v) is 3.01. The number of ether oxygens (including phenoxy) is 1. The van der Waals surface area contributed by atoms with E-state index in [2.05, 4.69) is 5.32 Å². The maximum absolute atomic E-state index is 12.1. The SMILES string of the molecule is O=C(NCCCCCC(=O)N1C[C@H](O)C[C@@H]1C(=O)O)OCc1ccccc1. The van der Waals surface area contributed by atoms with Gasteiger partial charge in [-0.05, 0) is 18.4 Å². The predicted octanol–water partition coefficient (Wildman–Crippen LogP) is 1.52. The first-order valence-corrected chi connectivity index (χ1v) is 9.12. The number of rotatable bonds is 9. The van der Waals surface area contributed by atoms with E-state index in [-0.39, 0.29) is 31.9 Å². The van der Waals surface area contributed by atoms with Gasteiger partial charge in [-0.25, -0.2) is 9.59 Å². The van der Waals surface area contributed by atoms with Crippen LogP contribution in [0.5, 0.6) is 0 Å². The molecule has 1 heterocycles. The number of carbonyl (C=O) groups is 3. The Hall–Kier alpha value is -2.61. The zero-order chi connectivity index (χ0) is 19.6. The maximum atomic E-state index is 12.1. The lowest BCUT2D eigenvalue weighted by Gasteiger charge is -2.21. The molecule has 1 aliphatic heterocycles. The Morgan fingerprint density at radius 1 is 1.15 bits per heavy atom. The van der Waals surface area contributed by atoms with E-state index in [0.29, 0.717) is 19.4 Å². The highest BCUT2D eigenvalue weighted by Crippen LogP contribution is 2.20. The van der Waals surface area contributed by atoms with Crippen molar-refractivity contribution >= 4 is 18.0 Å². The second kappa shape index (κ2) is 10.5. The number of aliphatic carboxylic acids is 1. The number of likely N-dealkylation sites (tertiary alicyclic amines) is 1. The van der Waals surface area contributed by atoms with Crippen LogP contribution >= 0.6 is 0 Å². The van der Waals surface area contributed by atoms with Crippen LogP contribution in [0.15, 0.2) is 30.3 Å². The molecule has 1 saturated heterocycles. The lowest BCUT2D eigenvalue weighted by Crippen LogP contribution is -2.40. The Morgan fingerprint density at radius 2 is 1.89 bits per heavy atom. The Kier molecular flexibility index (Phi) is 8.06. The molecule has 2 rings (SSSR count). The first kappa shape index (κ1) is 20.7. The van der Waals surface area contributed by atoms with Crippen LogP contribution in [0.1, 0.15) is 37.7 Å². The third-order valence-electron chi connectivity index (χ3n) is 4.43. The van der Waals surface area contributed by atoms with Gasteiger partial charge in [0, 0.05) is 25.9 Å². The molecule has 3 N–H and O–H groups in total. The maximum Gasteiger partial charge on any atom is 0.407 e. The second-order valence-corrected chi connectivity index (χ2v) is 6.59. The molecule has 2 amide bonds. The van der Waals surface area contributed by atoms with Crippen LogP contribution in [-0.2, 0) is 20.9 Å². The van der Waals surface area contributed by atoms with Crippen LogP contribution in [-0.4, -0.2) is 58.3 Å². The fraction of sp³-hybridized carbons (Fsp3) is 0.526. The summed E-state index contributed by atoms with van der Waals surface area (Å²) in [5.74, 6) is -1.34. The van der Waals surface area contributed by atoms with E-state index in [1.54, 1.807) is 0 Å². The molecule has 0 unspecified atom stereocenters. The summed E-state index contributed by atoms with van der Waals surface area (Å²) in [6.45, 7) is 0.736. The van der Waals surface area contributed by atoms with Gasteiger partial charge in [-0.15, -0.1) is 0 Å². The third kappa shape index (κ3) is 6.90. The van der Waals surface area contributed by atoms with E-state index in [1.165, 1.54) is 4.90 Å². The zero-order valence-electron chi connectivity index (χ0n) is 15.2. The molecule has 27 heavy (non-hydrogen) atoms. The normalized spacial score (nSPS) is 18.9. The topological polar surface area (TPSA) is 116 Å². The standard InChI is InChI=1S/C19H26N2O6/c22-15-11-16(18(24)25)21(12-15)17(23)9-5-2-6-10-20-19(26)27-13-14-7-3-1-4-8-14/h1,3-4,7-8,15-16,22H,2,5-6,9-13H2,(H,20,26)(H,24,25)/t15-,16-/m1/s1. The minimum absolute atomic E-state index is 0.0740. The van der Waals surface area contributed by atoms with Crippen LogP contribution in [0, 0.1) is 0 Å². The molecule has 0 aliphatic carbocycles. The first-order chi connectivity index (χ1) is 13.0. The fourth-order valence-electron chi connectivity index (χ4n) is 3.01. The average Bonchev–Trinajstić information content (AvgIpc) is 3.06. The van der Waals surface area contributed by atoms with Crippen molar-refractivity contribution in [2.45, 2.75) is 50.9 Å². The molecule has 0 radical (unpaired) electrons. The summed E-state index contributed by atoms with van der Waals surface area (Å²) in [5.41, 5.74) is 0.915. The summed E-state index contributed by atoms with van der Waals surface area (Å²) in [6, 6.07) is 8.45. The Morgan fingerprint density at radius 3 is 2.59 bits per heavy atom. The molecule has 8 heteroatoms. The van der Waals surface area contributed by atoms with Crippen LogP contribution in [0.25, 0.3) is 0 Å². The first-order valence-electron chi connectivity index (χ1n) is 9.12. The minimum Gasteiger partial charge on any atom is -0.480 e. The van der Waals surface area contributed by atoms with Crippen molar-refractivity contribution in [2.75, 3.05) is 13.1 Å². The molecule has 1 fully saturated rings. The number of unbranched alkanes of at least 4 members (excludes halogenated alkanes) is 2. The van der Waals surface area contributed by atoms with Gasteiger partial charge < -0.3 is 25.2 Å². The number of carboxylic acid groups (broad SMARTS) is 1. The molecule has 1 aromatic rings. The number of aliphatic hydroxyl groups is 1. The molecule has 8 nitrogen and oxygen atoms in total. The molecular formula is C19H26N2O6. The molecule has 148 valence electrons. The van der Waals surface area contributed by atoms with Gasteiger partial charge in [0.2, 0.25) is 5.91 Å². The number of alkyl carbamates (subject to hydrolysis) is 1. The number of nitrogens with one attached hydrogen (secondary N) is 1. The summed E-state index contributed by atoms with van der Waals surface area (Å²) in [7, 11) is 0. The van der Waals surface area contributed by atoms with Crippen LogP contribution in [0.4, 0.5) is 4.79 Å². The van der Waals surface area contributed by atoms with Crippen molar-refractivity contribution in [3.63, 3.8) is 0 Å². The monoisotopic (exact) mass is 378 g/mol. The number of hydrogen-bond acceptors (Lipinski definition) is 5. The number of carboxylic acids is 1. The molecule has 0 saturated carbocycles. The van der Waals surface area contributed by atoms with Crippen molar-refractivity contribution in [3.05, 3.63) is 35.9 Å². The minimum atomic E-state index is -1.09. The van der Waals surface area contributed by atoms with Crippen molar-refractivity contribution in [1.29, 1.82) is 0 Å². The van der Waals surface area contributed by atoms with E-state index >= 15 is 0 Å². The quantitative estimate of drug-likeness (QED) is 0.561. The highest BCUT2D eigenvalue weighted by Gasteiger charge is 2.38. The molecule has 0 spiro atoms. The van der Waals surface area contributed by atoms with Crippen molar-refractivity contribution in [2.24, 2.45) is 0 Å². The highest BCUT2D eigenvalue weighted by atomic mass is 16.5. The smallest absolute Gasteiger partial charge is 0.407 e. The van der Waals surface area contributed by atoms with Gasteiger partial charge in [-0.1, -0.05) is 36.8 Å². The number of hydrogen-bond donors (Lipinski definition) is 3. The van der Waals surface area contributed by atoms with Crippen LogP contribution in [0.3, 0.4) is 0 Å². The van der Waals surface area contributed by atoms with E-state index in [1.807, 2.05) is 30.3 Å². The summed E-state index contributed by atoms with van der Waals surface area (Å²) < 4.78 is 5.09. The third-order valence-corrected chi connectivity index (χ3v) is 4.43. The van der Waals surface area contributed by atoms with Gasteiger partial charge in [0.15, 0.2) is 0 Å². The Labute approximate surface area is 158 Å². The van der Waals surface area contributed by atoms with E-state index in [9.17, 15) is 19.5 Å². The summed E-state index contributed by atoms with van der Waals surface area (Å²) in [4.78, 5) is 36.1. The van der Waals surface area contributed by atoms with Gasteiger partial charge in [0.1, 0.15) is 12.6 Å². The Bertz CT molecular complexity index is 636. The van der Waals surface area contributed by atoms with E-state index < -0.39 is 24.2 Å². The van der Waals surface area contributed by atoms with Gasteiger partial charge in [0.05, 0.1) is 6.10 Å². The van der Waals surface area contributed by atoms with Gasteiger partial charge in [0.25, 0.3) is 0 Å². The van der Waals surface area contributed by atoms with E-state index in [4.69, 9.17) is 9.84 Å². The second-order valence-electron chi connectivity index (χ2n) is 6.59. The molecule has 1 aliphatic rings. The molecular weight excluding hydrogens is 352 g/mol. The number of nitrogens with zero attached hydrogens (tertiary/aromatic N) is 1. The van der Waals surface area contributed by atoms with Crippen molar-refractivity contribution in [3.8, 4) is 0 Å². The molecule has 2 atom stereocenters. The summed E-state index contributed by atoms with van der Waals surface area (Å²) >= 11 is 0. The lowest BCUT2D eigenvalue weighted by atomic mass is 10.1. The van der Waals surface area contributed by atoms with Gasteiger partial charge in [-0.2, -0.15) is 0 Å².